The van der Waals surface area contributed by atoms with Crippen molar-refractivity contribution in [2.75, 3.05) is 25.5 Å². The van der Waals surface area contributed by atoms with Crippen LogP contribution < -0.4 is 15.4 Å². The Bertz CT molecular complexity index is 471. The summed E-state index contributed by atoms with van der Waals surface area (Å²) in [5.74, 6) is 0.649. The van der Waals surface area contributed by atoms with Crippen molar-refractivity contribution in [3.05, 3.63) is 23.2 Å². The zero-order chi connectivity index (χ0) is 13.9. The third-order valence-corrected chi connectivity index (χ3v) is 4.05. The molecule has 0 aliphatic carbocycles. The number of amides is 1. The van der Waals surface area contributed by atoms with Crippen LogP contribution in [-0.4, -0.2) is 26.1 Å². The van der Waals surface area contributed by atoms with Gasteiger partial charge in [-0.3, -0.25) is 4.79 Å². The molecule has 1 atom stereocenters. The van der Waals surface area contributed by atoms with E-state index in [1.165, 1.54) is 0 Å². The highest BCUT2D eigenvalue weighted by molar-refractivity contribution is 6.31. The molecule has 0 saturated carbocycles. The number of carbonyl (C=O) groups excluding carboxylic acids is 1. The highest BCUT2D eigenvalue weighted by atomic mass is 35.5. The molecule has 0 bridgehead atoms. The van der Waals surface area contributed by atoms with Crippen molar-refractivity contribution in [1.29, 1.82) is 0 Å². The number of ether oxygens (including phenoxy) is 1. The average Bonchev–Trinajstić information content (AvgIpc) is 2.89. The molecule has 0 radical (unpaired) electrons. The lowest BCUT2D eigenvalue weighted by atomic mass is 9.83. The van der Waals surface area contributed by atoms with Crippen LogP contribution in [0.25, 0.3) is 0 Å². The minimum atomic E-state index is -0.326. The quantitative estimate of drug-likeness (QED) is 0.893. The average molecular weight is 283 g/mol. The molecular formula is C14H19ClN2O2. The summed E-state index contributed by atoms with van der Waals surface area (Å²) >= 11 is 5.97. The summed E-state index contributed by atoms with van der Waals surface area (Å²) in [5.41, 5.74) is 0.299. The van der Waals surface area contributed by atoms with Crippen molar-refractivity contribution < 1.29 is 9.53 Å². The lowest BCUT2D eigenvalue weighted by molar-refractivity contribution is -0.124. The number of hydrogen-bond acceptors (Lipinski definition) is 3. The molecule has 4 nitrogen and oxygen atoms in total. The second kappa shape index (κ2) is 5.80. The predicted octanol–water partition coefficient (Wildman–Crippen LogP) is 2.68. The molecule has 1 unspecified atom stereocenters. The Morgan fingerprint density at radius 1 is 1.58 bits per heavy atom. The van der Waals surface area contributed by atoms with Crippen molar-refractivity contribution in [3.8, 4) is 5.75 Å². The summed E-state index contributed by atoms with van der Waals surface area (Å²) in [7, 11) is 1.58. The van der Waals surface area contributed by atoms with Crippen LogP contribution in [0.4, 0.5) is 5.69 Å². The summed E-state index contributed by atoms with van der Waals surface area (Å²) in [6.07, 6.45) is 1.67. The molecule has 104 valence electrons. The SMILES string of the molecule is CCC1(C(=O)Nc2cc(Cl)ccc2OC)CCNC1. The van der Waals surface area contributed by atoms with E-state index in [-0.39, 0.29) is 11.3 Å². The lowest BCUT2D eigenvalue weighted by Gasteiger charge is -2.25. The Hall–Kier alpha value is -1.26. The van der Waals surface area contributed by atoms with E-state index in [2.05, 4.69) is 10.6 Å². The Kier molecular flexibility index (Phi) is 4.32. The van der Waals surface area contributed by atoms with Crippen molar-refractivity contribution in [1.82, 2.24) is 5.32 Å². The van der Waals surface area contributed by atoms with Gasteiger partial charge >= 0.3 is 0 Å². The maximum atomic E-state index is 12.5. The first-order valence-corrected chi connectivity index (χ1v) is 6.85. The van der Waals surface area contributed by atoms with Crippen molar-refractivity contribution in [2.45, 2.75) is 19.8 Å². The summed E-state index contributed by atoms with van der Waals surface area (Å²) in [6.45, 7) is 3.65. The van der Waals surface area contributed by atoms with E-state index in [4.69, 9.17) is 16.3 Å². The van der Waals surface area contributed by atoms with Gasteiger partial charge < -0.3 is 15.4 Å². The van der Waals surface area contributed by atoms with Gasteiger partial charge in [0.1, 0.15) is 5.75 Å². The van der Waals surface area contributed by atoms with Crippen LogP contribution in [0.3, 0.4) is 0 Å². The Morgan fingerprint density at radius 2 is 2.37 bits per heavy atom. The molecule has 2 N–H and O–H groups in total. The zero-order valence-corrected chi connectivity index (χ0v) is 12.0. The van der Waals surface area contributed by atoms with Gasteiger partial charge in [0, 0.05) is 11.6 Å². The van der Waals surface area contributed by atoms with Gasteiger partial charge in [-0.15, -0.1) is 0 Å². The standard InChI is InChI=1S/C14H19ClN2O2/c1-3-14(6-7-16-9-14)13(18)17-11-8-10(15)4-5-12(11)19-2/h4-5,8,16H,3,6-7,9H2,1-2H3,(H,17,18). The molecule has 0 spiro atoms. The first-order valence-electron chi connectivity index (χ1n) is 6.47. The number of anilines is 1. The van der Waals surface area contributed by atoms with E-state index < -0.39 is 0 Å². The maximum absolute atomic E-state index is 12.5. The van der Waals surface area contributed by atoms with Crippen LogP contribution in [0.15, 0.2) is 18.2 Å². The highest BCUT2D eigenvalue weighted by Gasteiger charge is 2.39. The maximum Gasteiger partial charge on any atom is 0.232 e. The molecule has 19 heavy (non-hydrogen) atoms. The molecule has 1 amide bonds. The van der Waals surface area contributed by atoms with Crippen LogP contribution >= 0.6 is 11.6 Å². The van der Waals surface area contributed by atoms with Crippen molar-refractivity contribution in [2.24, 2.45) is 5.41 Å². The van der Waals surface area contributed by atoms with E-state index in [1.54, 1.807) is 25.3 Å². The largest absolute Gasteiger partial charge is 0.495 e. The number of hydrogen-bond donors (Lipinski definition) is 2. The molecule has 1 aliphatic heterocycles. The van der Waals surface area contributed by atoms with Crippen LogP contribution in [0, 0.1) is 5.41 Å². The number of rotatable bonds is 4. The number of nitrogens with one attached hydrogen (secondary N) is 2. The molecule has 1 aliphatic rings. The van der Waals surface area contributed by atoms with Crippen molar-refractivity contribution >= 4 is 23.2 Å². The van der Waals surface area contributed by atoms with E-state index in [1.807, 2.05) is 6.92 Å². The zero-order valence-electron chi connectivity index (χ0n) is 11.3. The van der Waals surface area contributed by atoms with Crippen LogP contribution in [0.5, 0.6) is 5.75 Å². The fraction of sp³-hybridized carbons (Fsp3) is 0.500. The predicted molar refractivity (Wildman–Crippen MR) is 76.8 cm³/mol. The minimum absolute atomic E-state index is 0.0283. The normalized spacial score (nSPS) is 22.3. The summed E-state index contributed by atoms with van der Waals surface area (Å²) in [4.78, 5) is 12.5. The van der Waals surface area contributed by atoms with Gasteiger partial charge in [-0.1, -0.05) is 18.5 Å². The van der Waals surface area contributed by atoms with E-state index in [0.717, 1.165) is 25.9 Å². The Morgan fingerprint density at radius 3 is 2.95 bits per heavy atom. The number of halogens is 1. The second-order valence-electron chi connectivity index (χ2n) is 4.86. The molecular weight excluding hydrogens is 264 g/mol. The van der Waals surface area contributed by atoms with Crippen LogP contribution in [0.2, 0.25) is 5.02 Å². The van der Waals surface area contributed by atoms with Gasteiger partial charge in [0.05, 0.1) is 18.2 Å². The summed E-state index contributed by atoms with van der Waals surface area (Å²) in [5, 5.41) is 6.78. The van der Waals surface area contributed by atoms with Gasteiger partial charge in [-0.2, -0.15) is 0 Å². The molecule has 1 heterocycles. The first-order chi connectivity index (χ1) is 9.11. The third-order valence-electron chi connectivity index (χ3n) is 3.81. The molecule has 1 fully saturated rings. The third kappa shape index (κ3) is 2.85. The van der Waals surface area contributed by atoms with Gasteiger partial charge in [-0.05, 0) is 37.6 Å². The fourth-order valence-electron chi connectivity index (χ4n) is 2.43. The number of methoxy groups -OCH3 is 1. The summed E-state index contributed by atoms with van der Waals surface area (Å²) < 4.78 is 5.24. The highest BCUT2D eigenvalue weighted by Crippen LogP contribution is 2.34. The number of benzene rings is 1. The van der Waals surface area contributed by atoms with Crippen molar-refractivity contribution in [3.63, 3.8) is 0 Å². The Balaban J connectivity index is 2.20. The smallest absolute Gasteiger partial charge is 0.232 e. The summed E-state index contributed by atoms with van der Waals surface area (Å²) in [6, 6.07) is 5.20. The van der Waals surface area contributed by atoms with E-state index in [0.29, 0.717) is 16.5 Å². The molecule has 5 heteroatoms. The van der Waals surface area contributed by atoms with Gasteiger partial charge in [0.25, 0.3) is 0 Å². The lowest BCUT2D eigenvalue weighted by Crippen LogP contribution is -2.37. The molecule has 2 rings (SSSR count). The molecule has 1 saturated heterocycles. The molecule has 0 aromatic heterocycles. The van der Waals surface area contributed by atoms with E-state index >= 15 is 0 Å². The molecule has 1 aromatic carbocycles. The monoisotopic (exact) mass is 282 g/mol. The van der Waals surface area contributed by atoms with Gasteiger partial charge in [0.2, 0.25) is 5.91 Å². The van der Waals surface area contributed by atoms with Gasteiger partial charge in [-0.25, -0.2) is 0 Å². The minimum Gasteiger partial charge on any atom is -0.495 e. The van der Waals surface area contributed by atoms with Gasteiger partial charge in [0.15, 0.2) is 0 Å². The Labute approximate surface area is 118 Å². The van der Waals surface area contributed by atoms with Crippen LogP contribution in [0.1, 0.15) is 19.8 Å². The second-order valence-corrected chi connectivity index (χ2v) is 5.30. The molecule has 1 aromatic rings. The fourth-order valence-corrected chi connectivity index (χ4v) is 2.60. The van der Waals surface area contributed by atoms with E-state index in [9.17, 15) is 4.79 Å². The number of carbonyl (C=O) groups is 1. The topological polar surface area (TPSA) is 50.4 Å². The first kappa shape index (κ1) is 14.2. The van der Waals surface area contributed by atoms with Crippen LogP contribution in [-0.2, 0) is 4.79 Å².